The number of carbonyl (C=O) groups excluding carboxylic acids is 1. The van der Waals surface area contributed by atoms with Gasteiger partial charge < -0.3 is 9.64 Å². The molecule has 2 aromatic carbocycles. The van der Waals surface area contributed by atoms with E-state index >= 15 is 0 Å². The highest BCUT2D eigenvalue weighted by Gasteiger charge is 2.27. The van der Waals surface area contributed by atoms with E-state index in [2.05, 4.69) is 9.97 Å². The Kier molecular flexibility index (Phi) is 8.77. The van der Waals surface area contributed by atoms with Gasteiger partial charge in [0.1, 0.15) is 0 Å². The number of nitrogens with one attached hydrogen (secondary N) is 1. The van der Waals surface area contributed by atoms with Gasteiger partial charge in [-0.1, -0.05) is 48.0 Å². The molecule has 174 valence electrons. The molecule has 0 radical (unpaired) electrons. The molecule has 0 saturated heterocycles. The maximum Gasteiger partial charge on any atom is 0.245 e. The van der Waals surface area contributed by atoms with E-state index in [0.717, 1.165) is 22.3 Å². The average Bonchev–Trinajstić information content (AvgIpc) is 2.83. The summed E-state index contributed by atoms with van der Waals surface area (Å²) in [5.41, 5.74) is 5.75. The lowest BCUT2D eigenvalue weighted by atomic mass is 9.85. The number of anilines is 1. The van der Waals surface area contributed by atoms with Crippen LogP contribution in [0.4, 0.5) is 5.95 Å². The number of carbonyl (C=O) groups is 1. The normalized spacial score (nSPS) is 12.8. The van der Waals surface area contributed by atoms with Gasteiger partial charge in [0.15, 0.2) is 0 Å². The number of nitrogens with zero attached hydrogens (tertiary/aromatic N) is 3. The summed E-state index contributed by atoms with van der Waals surface area (Å²) in [6, 6.07) is 15.8. The molecule has 1 amide bonds. The molecule has 0 aliphatic heterocycles. The Balaban J connectivity index is 1.90. The molecule has 2 atom stereocenters. The third kappa shape index (κ3) is 6.74. The summed E-state index contributed by atoms with van der Waals surface area (Å²) >= 11 is 6.05. The van der Waals surface area contributed by atoms with Crippen molar-refractivity contribution in [1.82, 2.24) is 15.4 Å². The van der Waals surface area contributed by atoms with E-state index in [0.29, 0.717) is 24.0 Å². The van der Waals surface area contributed by atoms with Crippen molar-refractivity contribution in [3.63, 3.8) is 0 Å². The van der Waals surface area contributed by atoms with Crippen LogP contribution in [0.1, 0.15) is 30.4 Å². The first kappa shape index (κ1) is 24.6. The standard InChI is InChI=1S/C25H29ClN4O3/c1-4-33-23(14-24(31)29-32)22(13-17-5-11-21(26)12-6-17)19-9-7-18(8-10-19)20-15-27-25(28-16-20)30(2)3/h5-12,15-16,22-23,32H,4,13-14H2,1-3H3,(H,29,31)/t22-,23-/m1/s1. The van der Waals surface area contributed by atoms with Gasteiger partial charge in [0.05, 0.1) is 12.5 Å². The van der Waals surface area contributed by atoms with Crippen LogP contribution < -0.4 is 10.4 Å². The zero-order valence-corrected chi connectivity index (χ0v) is 19.8. The molecule has 8 heteroatoms. The molecule has 0 aliphatic rings. The van der Waals surface area contributed by atoms with E-state index in [1.807, 2.05) is 74.4 Å². The number of hydrogen-bond donors (Lipinski definition) is 2. The van der Waals surface area contributed by atoms with E-state index in [4.69, 9.17) is 21.5 Å². The molecule has 1 aromatic heterocycles. The lowest BCUT2D eigenvalue weighted by Crippen LogP contribution is -2.31. The van der Waals surface area contributed by atoms with Gasteiger partial charge in [-0.3, -0.25) is 10.0 Å². The summed E-state index contributed by atoms with van der Waals surface area (Å²) in [5, 5.41) is 9.73. The maximum atomic E-state index is 12.0. The van der Waals surface area contributed by atoms with Crippen LogP contribution in [0.5, 0.6) is 0 Å². The molecule has 0 fully saturated rings. The van der Waals surface area contributed by atoms with Gasteiger partial charge >= 0.3 is 0 Å². The number of rotatable bonds is 10. The molecule has 0 spiro atoms. The fourth-order valence-corrected chi connectivity index (χ4v) is 3.85. The molecule has 0 aliphatic carbocycles. The number of ether oxygens (including phenoxy) is 1. The summed E-state index contributed by atoms with van der Waals surface area (Å²) in [6.45, 7) is 2.35. The minimum absolute atomic E-state index is 0.0458. The predicted molar refractivity (Wildman–Crippen MR) is 130 cm³/mol. The fraction of sp³-hybridized carbons (Fsp3) is 0.320. The van der Waals surface area contributed by atoms with Crippen molar-refractivity contribution in [2.45, 2.75) is 31.8 Å². The molecule has 0 unspecified atom stereocenters. The first-order valence-corrected chi connectivity index (χ1v) is 11.2. The van der Waals surface area contributed by atoms with Crippen LogP contribution in [0.15, 0.2) is 60.9 Å². The van der Waals surface area contributed by atoms with Gasteiger partial charge in [0.25, 0.3) is 0 Å². The first-order valence-electron chi connectivity index (χ1n) is 10.8. The molecule has 3 rings (SSSR count). The largest absolute Gasteiger partial charge is 0.377 e. The molecule has 0 saturated carbocycles. The van der Waals surface area contributed by atoms with Gasteiger partial charge in [0, 0.05) is 49.6 Å². The second-order valence-corrected chi connectivity index (χ2v) is 8.39. The number of amides is 1. The summed E-state index contributed by atoms with van der Waals surface area (Å²) in [6.07, 6.45) is 3.89. The lowest BCUT2D eigenvalue weighted by Gasteiger charge is -2.27. The van der Waals surface area contributed by atoms with Crippen molar-refractivity contribution < 1.29 is 14.7 Å². The van der Waals surface area contributed by atoms with E-state index < -0.39 is 12.0 Å². The molecule has 1 heterocycles. The van der Waals surface area contributed by atoms with Crippen LogP contribution in [0.3, 0.4) is 0 Å². The average molecular weight is 469 g/mol. The number of hydroxylamine groups is 1. The monoisotopic (exact) mass is 468 g/mol. The zero-order chi connectivity index (χ0) is 23.8. The molecular formula is C25H29ClN4O3. The van der Waals surface area contributed by atoms with Crippen molar-refractivity contribution in [1.29, 1.82) is 0 Å². The number of halogens is 1. The van der Waals surface area contributed by atoms with E-state index in [1.165, 1.54) is 0 Å². The zero-order valence-electron chi connectivity index (χ0n) is 19.0. The highest BCUT2D eigenvalue weighted by molar-refractivity contribution is 6.30. The van der Waals surface area contributed by atoms with Crippen LogP contribution in [-0.4, -0.2) is 47.9 Å². The van der Waals surface area contributed by atoms with Crippen molar-refractivity contribution >= 4 is 23.5 Å². The van der Waals surface area contributed by atoms with Crippen molar-refractivity contribution in [3.8, 4) is 11.1 Å². The first-order chi connectivity index (χ1) is 15.9. The molecule has 2 N–H and O–H groups in total. The second-order valence-electron chi connectivity index (χ2n) is 7.96. The topological polar surface area (TPSA) is 87.6 Å². The van der Waals surface area contributed by atoms with Crippen LogP contribution >= 0.6 is 11.6 Å². The van der Waals surface area contributed by atoms with Crippen molar-refractivity contribution in [2.24, 2.45) is 0 Å². The number of hydrogen-bond acceptors (Lipinski definition) is 6. The quantitative estimate of drug-likeness (QED) is 0.336. The van der Waals surface area contributed by atoms with Gasteiger partial charge in [-0.05, 0) is 42.2 Å². The number of benzene rings is 2. The summed E-state index contributed by atoms with van der Waals surface area (Å²) in [7, 11) is 3.80. The molecule has 0 bridgehead atoms. The van der Waals surface area contributed by atoms with Gasteiger partial charge in [-0.15, -0.1) is 0 Å². The Morgan fingerprint density at radius 2 is 1.70 bits per heavy atom. The number of aromatic nitrogens is 2. The summed E-state index contributed by atoms with van der Waals surface area (Å²) < 4.78 is 5.95. The van der Waals surface area contributed by atoms with Crippen LogP contribution in [-0.2, 0) is 16.0 Å². The summed E-state index contributed by atoms with van der Waals surface area (Å²) in [5.74, 6) is 0.0641. The fourth-order valence-electron chi connectivity index (χ4n) is 3.72. The van der Waals surface area contributed by atoms with Crippen LogP contribution in [0.25, 0.3) is 11.1 Å². The third-order valence-corrected chi connectivity index (χ3v) is 5.67. The molecule has 7 nitrogen and oxygen atoms in total. The highest BCUT2D eigenvalue weighted by Crippen LogP contribution is 2.31. The Morgan fingerprint density at radius 1 is 1.06 bits per heavy atom. The van der Waals surface area contributed by atoms with E-state index in [1.54, 1.807) is 17.9 Å². The second kappa shape index (κ2) is 11.7. The minimum Gasteiger partial charge on any atom is -0.377 e. The maximum absolute atomic E-state index is 12.0. The Labute approximate surface area is 199 Å². The predicted octanol–water partition coefficient (Wildman–Crippen LogP) is 4.49. The van der Waals surface area contributed by atoms with Crippen LogP contribution in [0.2, 0.25) is 5.02 Å². The van der Waals surface area contributed by atoms with Crippen molar-refractivity contribution in [3.05, 3.63) is 77.1 Å². The van der Waals surface area contributed by atoms with E-state index in [9.17, 15) is 4.79 Å². The van der Waals surface area contributed by atoms with Crippen LogP contribution in [0, 0.1) is 0 Å². The van der Waals surface area contributed by atoms with Gasteiger partial charge in [-0.25, -0.2) is 15.4 Å². The Morgan fingerprint density at radius 3 is 2.24 bits per heavy atom. The SMILES string of the molecule is CCO[C@H](CC(=O)NO)[C@H](Cc1ccc(Cl)cc1)c1ccc(-c2cnc(N(C)C)nc2)cc1. The molecule has 33 heavy (non-hydrogen) atoms. The Bertz CT molecular complexity index is 1030. The smallest absolute Gasteiger partial charge is 0.245 e. The van der Waals surface area contributed by atoms with E-state index in [-0.39, 0.29) is 12.3 Å². The minimum atomic E-state index is -0.482. The lowest BCUT2D eigenvalue weighted by molar-refractivity contribution is -0.132. The highest BCUT2D eigenvalue weighted by atomic mass is 35.5. The van der Waals surface area contributed by atoms with Crippen molar-refractivity contribution in [2.75, 3.05) is 25.6 Å². The molecular weight excluding hydrogens is 440 g/mol. The van der Waals surface area contributed by atoms with Gasteiger partial charge in [-0.2, -0.15) is 0 Å². The molecule has 3 aromatic rings. The third-order valence-electron chi connectivity index (χ3n) is 5.42. The Hall–Kier alpha value is -3.00. The van der Waals surface area contributed by atoms with Gasteiger partial charge in [0.2, 0.25) is 11.9 Å². The summed E-state index contributed by atoms with van der Waals surface area (Å²) in [4.78, 5) is 22.6.